The molecule has 0 saturated carbocycles. The maximum atomic E-state index is 13.6. The lowest BCUT2D eigenvalue weighted by atomic mass is 9.95. The molecule has 1 amide bonds. The minimum absolute atomic E-state index is 0.0170. The number of carbonyl (C=O) groups excluding carboxylic acids is 3. The van der Waals surface area contributed by atoms with Crippen LogP contribution in [0.15, 0.2) is 66.8 Å². The number of aryl methyl sites for hydroxylation is 1. The van der Waals surface area contributed by atoms with Crippen molar-refractivity contribution in [3.05, 3.63) is 88.5 Å². The Bertz CT molecular complexity index is 1490. The van der Waals surface area contributed by atoms with Gasteiger partial charge in [0.05, 0.1) is 30.5 Å². The van der Waals surface area contributed by atoms with Crippen LogP contribution in [0.25, 0.3) is 5.76 Å². The first-order valence-corrected chi connectivity index (χ1v) is 14.6. The molecule has 1 N–H and O–H groups in total. The number of nitrogens with zero attached hydrogens (tertiary/aromatic N) is 2. The average Bonchev–Trinajstić information content (AvgIpc) is 3.51. The zero-order valence-corrected chi connectivity index (χ0v) is 24.7. The minimum atomic E-state index is -1.03. The van der Waals surface area contributed by atoms with Gasteiger partial charge in [0.2, 0.25) is 0 Å². The molecule has 1 fully saturated rings. The van der Waals surface area contributed by atoms with Gasteiger partial charge < -0.3 is 19.3 Å². The van der Waals surface area contributed by atoms with Gasteiger partial charge in [0.15, 0.2) is 5.13 Å². The number of aromatic nitrogens is 1. The van der Waals surface area contributed by atoms with Gasteiger partial charge >= 0.3 is 11.9 Å². The minimum Gasteiger partial charge on any atom is -0.507 e. The van der Waals surface area contributed by atoms with Crippen molar-refractivity contribution in [3.63, 3.8) is 0 Å². The predicted octanol–water partition coefficient (Wildman–Crippen LogP) is 6.39. The van der Waals surface area contributed by atoms with E-state index in [0.717, 1.165) is 30.6 Å². The summed E-state index contributed by atoms with van der Waals surface area (Å²) in [6, 6.07) is 12.7. The fourth-order valence-electron chi connectivity index (χ4n) is 4.41. The van der Waals surface area contributed by atoms with Crippen molar-refractivity contribution < 1.29 is 33.7 Å². The molecule has 0 bridgehead atoms. The normalized spacial score (nSPS) is 16.0. The second kappa shape index (κ2) is 14.0. The summed E-state index contributed by atoms with van der Waals surface area (Å²) >= 11 is 0.941. The number of unbranched alkanes of at least 4 members (excludes halogenated alkanes) is 1. The number of anilines is 1. The van der Waals surface area contributed by atoms with Crippen LogP contribution in [0.4, 0.5) is 5.13 Å². The summed E-state index contributed by atoms with van der Waals surface area (Å²) in [5.41, 5.74) is 1.14. The summed E-state index contributed by atoms with van der Waals surface area (Å²) in [4.78, 5) is 45.7. The Hall–Kier alpha value is -4.44. The monoisotopic (exact) mass is 590 g/mol. The van der Waals surface area contributed by atoms with E-state index in [1.54, 1.807) is 55.5 Å². The number of rotatable bonds is 13. The molecule has 1 atom stereocenters. The fourth-order valence-corrected chi connectivity index (χ4v) is 5.40. The molecule has 0 radical (unpaired) electrons. The summed E-state index contributed by atoms with van der Waals surface area (Å²) in [6.45, 7) is 10.3. The Labute approximate surface area is 249 Å². The van der Waals surface area contributed by atoms with Crippen molar-refractivity contribution >= 4 is 39.9 Å². The van der Waals surface area contributed by atoms with Crippen LogP contribution in [0.2, 0.25) is 0 Å². The smallest absolute Gasteiger partial charge is 0.350 e. The number of amides is 1. The maximum Gasteiger partial charge on any atom is 0.350 e. The highest BCUT2D eigenvalue weighted by Crippen LogP contribution is 2.44. The van der Waals surface area contributed by atoms with E-state index in [9.17, 15) is 19.5 Å². The van der Waals surface area contributed by atoms with E-state index in [0.29, 0.717) is 41.5 Å². The van der Waals surface area contributed by atoms with Crippen molar-refractivity contribution in [2.24, 2.45) is 0 Å². The zero-order chi connectivity index (χ0) is 30.2. The SMILES string of the molecule is C=CCOC(=O)c1sc(N2C(=O)C(=O)C(=C(O)c3ccc(OCCC)cc3)C2c2cccc(OCCCC)c2)nc1C. The lowest BCUT2D eigenvalue weighted by molar-refractivity contribution is -0.132. The van der Waals surface area contributed by atoms with Gasteiger partial charge in [0.1, 0.15) is 28.7 Å². The van der Waals surface area contributed by atoms with E-state index in [4.69, 9.17) is 14.2 Å². The Morgan fingerprint density at radius 1 is 1.07 bits per heavy atom. The van der Waals surface area contributed by atoms with Crippen LogP contribution in [-0.2, 0) is 14.3 Å². The highest BCUT2D eigenvalue weighted by molar-refractivity contribution is 7.17. The fraction of sp³-hybridized carbons (Fsp3) is 0.312. The number of ether oxygens (including phenoxy) is 3. The number of aliphatic hydroxyl groups is 1. The third kappa shape index (κ3) is 6.54. The van der Waals surface area contributed by atoms with Gasteiger partial charge in [0, 0.05) is 5.56 Å². The highest BCUT2D eigenvalue weighted by Gasteiger charge is 2.48. The molecule has 2 aromatic carbocycles. The van der Waals surface area contributed by atoms with Crippen molar-refractivity contribution in [2.75, 3.05) is 24.7 Å². The molecular formula is C32H34N2O7S. The first kappa shape index (κ1) is 30.5. The molecule has 42 heavy (non-hydrogen) atoms. The van der Waals surface area contributed by atoms with E-state index in [1.807, 2.05) is 6.92 Å². The van der Waals surface area contributed by atoms with Crippen LogP contribution in [0.5, 0.6) is 11.5 Å². The Morgan fingerprint density at radius 3 is 2.50 bits per heavy atom. The third-order valence-corrected chi connectivity index (χ3v) is 7.63. The van der Waals surface area contributed by atoms with Gasteiger partial charge in [-0.3, -0.25) is 14.5 Å². The maximum absolute atomic E-state index is 13.6. The first-order chi connectivity index (χ1) is 20.3. The molecule has 1 aliphatic rings. The Kier molecular flexibility index (Phi) is 10.1. The number of thiazole rings is 1. The van der Waals surface area contributed by atoms with Crippen molar-refractivity contribution in [3.8, 4) is 11.5 Å². The van der Waals surface area contributed by atoms with Crippen LogP contribution >= 0.6 is 11.3 Å². The van der Waals surface area contributed by atoms with E-state index < -0.39 is 23.7 Å². The van der Waals surface area contributed by atoms with Gasteiger partial charge in [-0.2, -0.15) is 0 Å². The van der Waals surface area contributed by atoms with Gasteiger partial charge in [0.25, 0.3) is 5.78 Å². The van der Waals surface area contributed by atoms with Gasteiger partial charge in [-0.15, -0.1) is 0 Å². The Balaban J connectivity index is 1.82. The molecule has 1 aliphatic heterocycles. The molecule has 9 nitrogen and oxygen atoms in total. The molecule has 1 saturated heterocycles. The van der Waals surface area contributed by atoms with Gasteiger partial charge in [-0.25, -0.2) is 9.78 Å². The second-order valence-electron chi connectivity index (χ2n) is 9.61. The van der Waals surface area contributed by atoms with Crippen molar-refractivity contribution in [2.45, 2.75) is 46.1 Å². The molecule has 2 heterocycles. The van der Waals surface area contributed by atoms with Crippen molar-refractivity contribution in [1.29, 1.82) is 0 Å². The number of carbonyl (C=O) groups is 3. The average molecular weight is 591 g/mol. The number of aliphatic hydroxyl groups excluding tert-OH is 1. The molecule has 10 heteroatoms. The number of hydrogen-bond acceptors (Lipinski definition) is 9. The largest absolute Gasteiger partial charge is 0.507 e. The van der Waals surface area contributed by atoms with E-state index >= 15 is 0 Å². The number of hydrogen-bond donors (Lipinski definition) is 1. The third-order valence-electron chi connectivity index (χ3n) is 6.49. The van der Waals surface area contributed by atoms with Crippen LogP contribution in [0.3, 0.4) is 0 Å². The van der Waals surface area contributed by atoms with Crippen molar-refractivity contribution in [1.82, 2.24) is 4.98 Å². The highest BCUT2D eigenvalue weighted by atomic mass is 32.1. The van der Waals surface area contributed by atoms with E-state index in [2.05, 4.69) is 18.5 Å². The lowest BCUT2D eigenvalue weighted by Crippen LogP contribution is -2.29. The summed E-state index contributed by atoms with van der Waals surface area (Å²) in [7, 11) is 0. The van der Waals surface area contributed by atoms with Crippen LogP contribution < -0.4 is 14.4 Å². The quantitative estimate of drug-likeness (QED) is 0.0608. The predicted molar refractivity (Wildman–Crippen MR) is 161 cm³/mol. The van der Waals surface area contributed by atoms with Crippen LogP contribution in [0.1, 0.15) is 65.6 Å². The summed E-state index contributed by atoms with van der Waals surface area (Å²) in [5, 5.41) is 11.6. The second-order valence-corrected chi connectivity index (χ2v) is 10.6. The molecule has 0 spiro atoms. The molecule has 0 aliphatic carbocycles. The summed E-state index contributed by atoms with van der Waals surface area (Å²) in [5.74, 6) is -1.50. The van der Waals surface area contributed by atoms with E-state index in [1.165, 1.54) is 11.0 Å². The number of Topliss-reactive ketones (excluding diaryl/α,β-unsaturated/α-hetero) is 1. The lowest BCUT2D eigenvalue weighted by Gasteiger charge is -2.23. The van der Waals surface area contributed by atoms with E-state index in [-0.39, 0.29) is 27.9 Å². The zero-order valence-electron chi connectivity index (χ0n) is 23.9. The van der Waals surface area contributed by atoms with Crippen LogP contribution in [-0.4, -0.2) is 47.6 Å². The molecule has 1 unspecified atom stereocenters. The Morgan fingerprint density at radius 2 is 1.81 bits per heavy atom. The summed E-state index contributed by atoms with van der Waals surface area (Å²) in [6.07, 6.45) is 4.12. The molecule has 220 valence electrons. The molecule has 1 aromatic heterocycles. The first-order valence-electron chi connectivity index (χ1n) is 13.8. The topological polar surface area (TPSA) is 115 Å². The molecule has 4 rings (SSSR count). The standard InChI is InChI=1S/C32H34N2O7S/c1-5-8-18-40-24-11-9-10-22(19-24)26-25(27(35)21-12-14-23(15-13-21)39-16-6-2)28(36)30(37)34(26)32-33-20(4)29(42-32)31(38)41-17-7-3/h7,9-15,19,26,35H,3,5-6,8,16-18H2,1-2,4H3. The number of benzene rings is 2. The number of ketones is 1. The summed E-state index contributed by atoms with van der Waals surface area (Å²) < 4.78 is 16.7. The number of esters is 1. The van der Waals surface area contributed by atoms with Crippen LogP contribution in [0, 0.1) is 6.92 Å². The van der Waals surface area contributed by atoms with Gasteiger partial charge in [-0.05, 0) is 61.7 Å². The van der Waals surface area contributed by atoms with Gasteiger partial charge in [-0.1, -0.05) is 56.4 Å². The molecular weight excluding hydrogens is 556 g/mol. The molecule has 3 aromatic rings.